The van der Waals surface area contributed by atoms with Crippen LogP contribution in [0.2, 0.25) is 0 Å². The molecule has 0 aliphatic heterocycles. The molecule has 0 saturated heterocycles. The number of carbonyl (C=O) groups excluding carboxylic acids is 1. The summed E-state index contributed by atoms with van der Waals surface area (Å²) in [5.74, 6) is 0. The van der Waals surface area contributed by atoms with E-state index in [1.807, 2.05) is 0 Å². The Labute approximate surface area is 95.3 Å². The molecule has 0 spiro atoms. The van der Waals surface area contributed by atoms with E-state index >= 15 is 0 Å². The maximum atomic E-state index is 8.57. The first-order valence-electron chi connectivity index (χ1n) is 0.929. The Bertz CT molecular complexity index is 84.0. The minimum absolute atomic E-state index is 0. The van der Waals surface area contributed by atoms with Crippen molar-refractivity contribution in [3.63, 3.8) is 0 Å². The molecule has 0 aromatic rings. The van der Waals surface area contributed by atoms with Crippen molar-refractivity contribution >= 4 is 4.79 Å². The Morgan fingerprint density at radius 2 is 1.50 bits per heavy atom. The van der Waals surface area contributed by atoms with Crippen LogP contribution >= 0.6 is 0 Å². The van der Waals surface area contributed by atoms with Crippen LogP contribution in [0.4, 0.5) is 0 Å². The molecular weight excluding hydrogens is 185 g/mol. The van der Waals surface area contributed by atoms with Crippen LogP contribution in [0.3, 0.4) is 0 Å². The summed E-state index contributed by atoms with van der Waals surface area (Å²) in [7, 11) is 0. The largest absolute Gasteiger partial charge is 1.00 e. The van der Waals surface area contributed by atoms with Gasteiger partial charge in [-0.25, -0.2) is 0 Å². The molecule has 0 amide bonds. The fraction of sp³-hybridized carbons (Fsp3) is 0. The molecule has 0 saturated carbocycles. The van der Waals surface area contributed by atoms with Crippen LogP contribution in [0.15, 0.2) is 0 Å². The quantitative estimate of drug-likeness (QED) is 0.221. The standard InChI is InChI=1S/CO.Fe.K.NO3/c1-2;;;2-1(3)4/q;;+1;-1. The molecule has 0 aromatic heterocycles. The van der Waals surface area contributed by atoms with Gasteiger partial charge in [-0.2, -0.15) is 0 Å². The predicted octanol–water partition coefficient (Wildman–Crippen LogP) is -3.63. The Balaban J connectivity index is -0.0000000575. The maximum absolute atomic E-state index is 8.57. The van der Waals surface area contributed by atoms with E-state index in [9.17, 15) is 0 Å². The summed E-state index contributed by atoms with van der Waals surface area (Å²) >= 11 is 2.68. The van der Waals surface area contributed by atoms with Gasteiger partial charge in [0.05, 0.1) is 5.09 Å². The third-order valence-electron chi connectivity index (χ3n) is 0. The molecule has 0 fully saturated rings. The van der Waals surface area contributed by atoms with Crippen molar-refractivity contribution in [2.45, 2.75) is 0 Å². The van der Waals surface area contributed by atoms with E-state index in [1.54, 1.807) is 0 Å². The van der Waals surface area contributed by atoms with Crippen LogP contribution in [-0.4, -0.2) is 9.87 Å². The molecule has 0 aliphatic rings. The smallest absolute Gasteiger partial charge is 0.356 e. The van der Waals surface area contributed by atoms with Crippen LogP contribution in [0.1, 0.15) is 0 Å². The first-order valence-corrected chi connectivity index (χ1v) is 1.48. The second-order valence-corrected chi connectivity index (χ2v) is 0.521. The molecule has 0 N–H and O–H groups in total. The Hall–Kier alpha value is 0.936. The molecule has 0 atom stereocenters. The summed E-state index contributed by atoms with van der Waals surface area (Å²) in [5.41, 5.74) is 0. The van der Waals surface area contributed by atoms with E-state index < -0.39 is 5.09 Å². The summed E-state index contributed by atoms with van der Waals surface area (Å²) in [5, 5.41) is 14.8. The molecule has 0 aromatic carbocycles. The van der Waals surface area contributed by atoms with Crippen molar-refractivity contribution in [2.75, 3.05) is 0 Å². The molecule has 42 valence electrons. The second-order valence-electron chi connectivity index (χ2n) is 0.296. The average Bonchev–Trinajstić information content (AvgIpc) is 1.33. The summed E-state index contributed by atoms with van der Waals surface area (Å²) in [6, 6.07) is 0. The molecular formula is CFeKNO4. The summed E-state index contributed by atoms with van der Waals surface area (Å²) in [6.07, 6.45) is 0. The van der Waals surface area contributed by atoms with Crippen molar-refractivity contribution < 1.29 is 76.8 Å². The Morgan fingerprint density at radius 3 is 1.50 bits per heavy atom. The maximum Gasteiger partial charge on any atom is 1.00 e. The Morgan fingerprint density at radius 1 is 1.50 bits per heavy atom. The molecule has 7 heteroatoms. The van der Waals surface area contributed by atoms with E-state index in [4.69, 9.17) is 20.1 Å². The van der Waals surface area contributed by atoms with E-state index in [2.05, 4.69) is 15.6 Å². The van der Waals surface area contributed by atoms with Gasteiger partial charge < -0.3 is 15.3 Å². The van der Waals surface area contributed by atoms with Gasteiger partial charge in [-0.05, 0) is 0 Å². The van der Waals surface area contributed by atoms with E-state index in [0.29, 0.717) is 0 Å². The van der Waals surface area contributed by atoms with E-state index in [0.717, 1.165) is 0 Å². The monoisotopic (exact) mass is 185 g/mol. The minimum atomic E-state index is -1.75. The van der Waals surface area contributed by atoms with Gasteiger partial charge >= 0.3 is 76.5 Å². The normalized spacial score (nSPS) is 4.12. The van der Waals surface area contributed by atoms with Gasteiger partial charge in [0, 0.05) is 0 Å². The molecule has 0 rings (SSSR count). The third-order valence-corrected chi connectivity index (χ3v) is 0. The molecule has 0 radical (unpaired) electrons. The summed E-state index contributed by atoms with van der Waals surface area (Å²) < 4.78 is 0. The van der Waals surface area contributed by atoms with Crippen molar-refractivity contribution in [2.24, 2.45) is 0 Å². The van der Waals surface area contributed by atoms with Crippen molar-refractivity contribution in [3.05, 3.63) is 15.3 Å². The van der Waals surface area contributed by atoms with Crippen LogP contribution in [-0.2, 0) is 20.4 Å². The van der Waals surface area contributed by atoms with Gasteiger partial charge in [-0.1, -0.05) is 0 Å². The number of rotatable bonds is 0. The topological polar surface area (TPSA) is 83.3 Å². The molecule has 0 aliphatic carbocycles. The van der Waals surface area contributed by atoms with Gasteiger partial charge in [0.1, 0.15) is 0 Å². The van der Waals surface area contributed by atoms with Gasteiger partial charge in [0.15, 0.2) is 0 Å². The van der Waals surface area contributed by atoms with Crippen LogP contribution in [0.25, 0.3) is 0 Å². The zero-order valence-electron chi connectivity index (χ0n) is 3.93. The number of hydrogen-bond donors (Lipinski definition) is 0. The zero-order chi connectivity index (χ0) is 6.28. The number of nitrogens with zero attached hydrogens (tertiary/aromatic N) is 1. The van der Waals surface area contributed by atoms with Crippen molar-refractivity contribution in [1.82, 2.24) is 0 Å². The fourth-order valence-electron chi connectivity index (χ4n) is 0. The molecule has 0 unspecified atom stereocenters. The molecule has 5 nitrogen and oxygen atoms in total. The first-order chi connectivity index (χ1) is 3.15. The minimum Gasteiger partial charge on any atom is -0.356 e. The SMILES string of the molecule is O=[C]=[Fe].O=[N+]([O-])[O-].[K+]. The predicted molar refractivity (Wildman–Crippen MR) is 16.1 cm³/mol. The zero-order valence-corrected chi connectivity index (χ0v) is 8.16. The molecule has 0 bridgehead atoms. The van der Waals surface area contributed by atoms with Gasteiger partial charge in [0.25, 0.3) is 0 Å². The first kappa shape index (κ1) is 16.0. The van der Waals surface area contributed by atoms with E-state index in [-0.39, 0.29) is 51.4 Å². The van der Waals surface area contributed by atoms with Crippen LogP contribution in [0, 0.1) is 15.3 Å². The fourth-order valence-corrected chi connectivity index (χ4v) is 0. The van der Waals surface area contributed by atoms with Gasteiger partial charge in [0.2, 0.25) is 0 Å². The van der Waals surface area contributed by atoms with Gasteiger partial charge in [-0.3, -0.25) is 0 Å². The van der Waals surface area contributed by atoms with Gasteiger partial charge in [-0.15, -0.1) is 0 Å². The van der Waals surface area contributed by atoms with E-state index in [1.165, 1.54) is 4.79 Å². The van der Waals surface area contributed by atoms with Crippen LogP contribution in [0.5, 0.6) is 0 Å². The van der Waals surface area contributed by atoms with Crippen LogP contribution < -0.4 is 51.4 Å². The summed E-state index contributed by atoms with van der Waals surface area (Å²) in [4.78, 5) is 18.1. The third kappa shape index (κ3) is 279. The number of hydrogen-bond acceptors (Lipinski definition) is 4. The molecule has 8 heavy (non-hydrogen) atoms. The second kappa shape index (κ2) is 15.7. The summed E-state index contributed by atoms with van der Waals surface area (Å²) in [6.45, 7) is 0. The van der Waals surface area contributed by atoms with Crippen molar-refractivity contribution in [3.8, 4) is 0 Å². The van der Waals surface area contributed by atoms with Crippen molar-refractivity contribution in [1.29, 1.82) is 0 Å². The Kier molecular flexibility index (Phi) is 31.3. The average molecular weight is 185 g/mol. The molecule has 0 heterocycles.